The number of rotatable bonds is 3. The Kier molecular flexibility index (Phi) is 4.53. The minimum Gasteiger partial charge on any atom is -0.365 e. The van der Waals surface area contributed by atoms with Gasteiger partial charge >= 0.3 is 0 Å². The number of aliphatic imine (C=N–C) groups is 1. The molecule has 0 aromatic rings. The van der Waals surface area contributed by atoms with E-state index in [-0.39, 0.29) is 0 Å². The van der Waals surface area contributed by atoms with Crippen molar-refractivity contribution in [3.05, 3.63) is 0 Å². The molecule has 0 aromatic heterocycles. The topological polar surface area (TPSA) is 27.6 Å². The molecular weight excluding hydrogens is 218 g/mol. The molecule has 0 spiro atoms. The average Bonchev–Trinajstić information content (AvgIpc) is 2.67. The molecule has 1 N–H and O–H groups in total. The number of nitrogens with one attached hydrogen (secondary N) is 1. The zero-order chi connectivity index (χ0) is 11.4. The lowest BCUT2D eigenvalue weighted by Crippen LogP contribution is -2.32. The van der Waals surface area contributed by atoms with Gasteiger partial charge in [0.15, 0.2) is 5.17 Å². The Labute approximate surface area is 103 Å². The molecule has 92 valence electrons. The Bertz CT molecular complexity index is 247. The van der Waals surface area contributed by atoms with E-state index in [0.717, 1.165) is 19.0 Å². The Balaban J connectivity index is 1.58. The summed E-state index contributed by atoms with van der Waals surface area (Å²) in [4.78, 5) is 6.90. The van der Waals surface area contributed by atoms with E-state index in [0.29, 0.717) is 5.25 Å². The molecule has 2 aliphatic rings. The molecule has 1 atom stereocenters. The summed E-state index contributed by atoms with van der Waals surface area (Å²) in [6.45, 7) is 6.88. The van der Waals surface area contributed by atoms with Gasteiger partial charge in [-0.05, 0) is 45.3 Å². The number of hydrogen-bond donors (Lipinski definition) is 1. The highest BCUT2D eigenvalue weighted by Gasteiger charge is 2.17. The first-order valence-corrected chi connectivity index (χ1v) is 7.25. The van der Waals surface area contributed by atoms with Gasteiger partial charge in [-0.15, -0.1) is 0 Å². The third-order valence-corrected chi connectivity index (χ3v) is 4.52. The second-order valence-electron chi connectivity index (χ2n) is 5.04. The van der Waals surface area contributed by atoms with Crippen molar-refractivity contribution in [3.63, 3.8) is 0 Å². The molecule has 1 unspecified atom stereocenters. The molecule has 3 nitrogen and oxygen atoms in total. The van der Waals surface area contributed by atoms with Crippen LogP contribution in [0.1, 0.15) is 26.2 Å². The summed E-state index contributed by atoms with van der Waals surface area (Å²) >= 11 is 1.88. The van der Waals surface area contributed by atoms with Gasteiger partial charge in [-0.3, -0.25) is 4.99 Å². The molecule has 0 aliphatic carbocycles. The van der Waals surface area contributed by atoms with Gasteiger partial charge in [0, 0.05) is 11.8 Å². The number of likely N-dealkylation sites (tertiary alicyclic amines) is 1. The molecule has 0 bridgehead atoms. The highest BCUT2D eigenvalue weighted by molar-refractivity contribution is 8.14. The zero-order valence-corrected chi connectivity index (χ0v) is 11.2. The maximum Gasteiger partial charge on any atom is 0.156 e. The fourth-order valence-corrected chi connectivity index (χ4v) is 3.17. The summed E-state index contributed by atoms with van der Waals surface area (Å²) in [5.41, 5.74) is 0. The van der Waals surface area contributed by atoms with Gasteiger partial charge in [0.1, 0.15) is 0 Å². The summed E-state index contributed by atoms with van der Waals surface area (Å²) in [5, 5.41) is 5.31. The number of piperidine rings is 1. The summed E-state index contributed by atoms with van der Waals surface area (Å²) in [6, 6.07) is 0. The van der Waals surface area contributed by atoms with E-state index in [1.165, 1.54) is 37.5 Å². The largest absolute Gasteiger partial charge is 0.365 e. The number of thioether (sulfide) groups is 1. The first kappa shape index (κ1) is 12.2. The normalized spacial score (nSPS) is 28.1. The van der Waals surface area contributed by atoms with Crippen molar-refractivity contribution in [3.8, 4) is 0 Å². The molecule has 2 rings (SSSR count). The second-order valence-corrected chi connectivity index (χ2v) is 6.46. The standard InChI is InChI=1S/C12H23N3S/c1-10-9-14-12(16-10)13-6-3-11-4-7-15(2)8-5-11/h10-11H,3-9H2,1-2H3,(H,13,14). The van der Waals surface area contributed by atoms with Crippen LogP contribution in [0.3, 0.4) is 0 Å². The third-order valence-electron chi connectivity index (χ3n) is 3.47. The van der Waals surface area contributed by atoms with Crippen LogP contribution in [0.5, 0.6) is 0 Å². The van der Waals surface area contributed by atoms with Crippen LogP contribution in [0.4, 0.5) is 0 Å². The Morgan fingerprint density at radius 1 is 1.44 bits per heavy atom. The summed E-state index contributed by atoms with van der Waals surface area (Å²) in [5.74, 6) is 0.924. The van der Waals surface area contributed by atoms with E-state index < -0.39 is 0 Å². The maximum absolute atomic E-state index is 4.47. The smallest absolute Gasteiger partial charge is 0.156 e. The quantitative estimate of drug-likeness (QED) is 0.816. The first-order valence-electron chi connectivity index (χ1n) is 6.37. The third kappa shape index (κ3) is 3.67. The van der Waals surface area contributed by atoms with Crippen LogP contribution in [-0.2, 0) is 0 Å². The van der Waals surface area contributed by atoms with Crippen molar-refractivity contribution in [2.45, 2.75) is 31.4 Å². The number of amidine groups is 1. The highest BCUT2D eigenvalue weighted by Crippen LogP contribution is 2.20. The minimum absolute atomic E-state index is 0.672. The van der Waals surface area contributed by atoms with E-state index in [9.17, 15) is 0 Å². The van der Waals surface area contributed by atoms with Gasteiger partial charge in [0.25, 0.3) is 0 Å². The van der Waals surface area contributed by atoms with E-state index in [1.807, 2.05) is 11.8 Å². The predicted molar refractivity (Wildman–Crippen MR) is 72.2 cm³/mol. The fourth-order valence-electron chi connectivity index (χ4n) is 2.31. The monoisotopic (exact) mass is 241 g/mol. The molecule has 4 heteroatoms. The van der Waals surface area contributed by atoms with E-state index in [2.05, 4.69) is 29.2 Å². The fraction of sp³-hybridized carbons (Fsp3) is 0.917. The van der Waals surface area contributed by atoms with Gasteiger partial charge in [0.2, 0.25) is 0 Å². The Hall–Kier alpha value is -0.220. The van der Waals surface area contributed by atoms with Gasteiger partial charge < -0.3 is 10.2 Å². The summed E-state index contributed by atoms with van der Waals surface area (Å²) in [6.07, 6.45) is 4.05. The number of nitrogens with zero attached hydrogens (tertiary/aromatic N) is 2. The first-order chi connectivity index (χ1) is 7.74. The molecule has 1 saturated heterocycles. The Morgan fingerprint density at radius 3 is 2.81 bits per heavy atom. The van der Waals surface area contributed by atoms with Crippen molar-refractivity contribution in [2.75, 3.05) is 33.2 Å². The van der Waals surface area contributed by atoms with Gasteiger partial charge in [-0.2, -0.15) is 0 Å². The van der Waals surface area contributed by atoms with Gasteiger partial charge in [-0.1, -0.05) is 18.7 Å². The maximum atomic E-state index is 4.47. The van der Waals surface area contributed by atoms with Crippen molar-refractivity contribution < 1.29 is 0 Å². The van der Waals surface area contributed by atoms with Crippen molar-refractivity contribution >= 4 is 16.9 Å². The minimum atomic E-state index is 0.672. The molecule has 2 aliphatic heterocycles. The van der Waals surface area contributed by atoms with Crippen molar-refractivity contribution in [1.29, 1.82) is 0 Å². The number of hydrogen-bond acceptors (Lipinski definition) is 4. The SMILES string of the molecule is CC1CN=C(NCCC2CCN(C)CC2)S1. The molecule has 0 radical (unpaired) electrons. The molecule has 0 amide bonds. The lowest BCUT2D eigenvalue weighted by Gasteiger charge is -2.28. The lowest BCUT2D eigenvalue weighted by molar-refractivity contribution is 0.213. The second kappa shape index (κ2) is 5.92. The van der Waals surface area contributed by atoms with Crippen LogP contribution in [0.15, 0.2) is 4.99 Å². The van der Waals surface area contributed by atoms with Crippen LogP contribution in [-0.4, -0.2) is 48.5 Å². The molecule has 0 saturated carbocycles. The lowest BCUT2D eigenvalue weighted by atomic mass is 9.94. The van der Waals surface area contributed by atoms with Crippen LogP contribution in [0.2, 0.25) is 0 Å². The van der Waals surface area contributed by atoms with Crippen LogP contribution in [0, 0.1) is 5.92 Å². The summed E-state index contributed by atoms with van der Waals surface area (Å²) in [7, 11) is 2.22. The molecule has 2 heterocycles. The molecular formula is C12H23N3S. The zero-order valence-electron chi connectivity index (χ0n) is 10.4. The van der Waals surface area contributed by atoms with Crippen molar-refractivity contribution in [1.82, 2.24) is 10.2 Å². The molecule has 0 aromatic carbocycles. The Morgan fingerprint density at radius 2 is 2.19 bits per heavy atom. The van der Waals surface area contributed by atoms with Crippen LogP contribution < -0.4 is 5.32 Å². The van der Waals surface area contributed by atoms with E-state index in [1.54, 1.807) is 0 Å². The highest BCUT2D eigenvalue weighted by atomic mass is 32.2. The van der Waals surface area contributed by atoms with Crippen LogP contribution in [0.25, 0.3) is 0 Å². The predicted octanol–water partition coefficient (Wildman–Crippen LogP) is 1.80. The summed E-state index contributed by atoms with van der Waals surface area (Å²) < 4.78 is 0. The molecule has 1 fully saturated rings. The van der Waals surface area contributed by atoms with E-state index >= 15 is 0 Å². The van der Waals surface area contributed by atoms with Gasteiger partial charge in [0.05, 0.1) is 6.54 Å². The van der Waals surface area contributed by atoms with E-state index in [4.69, 9.17) is 0 Å². The van der Waals surface area contributed by atoms with Gasteiger partial charge in [-0.25, -0.2) is 0 Å². The molecule has 16 heavy (non-hydrogen) atoms. The average molecular weight is 241 g/mol. The van der Waals surface area contributed by atoms with Crippen molar-refractivity contribution in [2.24, 2.45) is 10.9 Å². The van der Waals surface area contributed by atoms with Crippen LogP contribution >= 0.6 is 11.8 Å².